The second-order valence-electron chi connectivity index (χ2n) is 6.28. The van der Waals surface area contributed by atoms with Gasteiger partial charge in [0, 0.05) is 17.1 Å². The Morgan fingerprint density at radius 2 is 1.61 bits per heavy atom. The van der Waals surface area contributed by atoms with Gasteiger partial charge in [-0.15, -0.1) is 0 Å². The van der Waals surface area contributed by atoms with Crippen LogP contribution in [0.1, 0.15) is 15.9 Å². The first-order valence-corrected chi connectivity index (χ1v) is 8.77. The average Bonchev–Trinajstić information content (AvgIpc) is 2.68. The van der Waals surface area contributed by atoms with Gasteiger partial charge < -0.3 is 16.0 Å². The van der Waals surface area contributed by atoms with Crippen molar-refractivity contribution in [2.24, 2.45) is 0 Å². The molecule has 3 aromatic rings. The third-order valence-electron chi connectivity index (χ3n) is 4.02. The maximum Gasteiger partial charge on any atom is 0.257 e. The lowest BCUT2D eigenvalue weighted by atomic mass is 10.1. The largest absolute Gasteiger partial charge is 0.376 e. The van der Waals surface area contributed by atoms with Crippen molar-refractivity contribution < 1.29 is 14.0 Å². The first kappa shape index (κ1) is 19.1. The number of para-hydroxylation sites is 1. The molecule has 3 N–H and O–H groups in total. The molecular weight excluding hydrogens is 357 g/mol. The quantitative estimate of drug-likeness (QED) is 0.595. The monoisotopic (exact) mass is 377 g/mol. The summed E-state index contributed by atoms with van der Waals surface area (Å²) in [5.41, 5.74) is 3.16. The molecule has 0 radical (unpaired) electrons. The van der Waals surface area contributed by atoms with Crippen molar-refractivity contribution in [2.75, 3.05) is 22.5 Å². The van der Waals surface area contributed by atoms with Crippen LogP contribution in [0.4, 0.5) is 21.5 Å². The molecular formula is C22H20FN3O2. The van der Waals surface area contributed by atoms with E-state index in [4.69, 9.17) is 0 Å². The van der Waals surface area contributed by atoms with Gasteiger partial charge in [-0.05, 0) is 61.0 Å². The standard InChI is InChI=1S/C22H20FN3O2/c1-15-5-4-6-18(13-15)25-21(27)14-24-20-8-3-2-7-19(20)22(28)26-17-11-9-16(23)10-12-17/h2-13,24H,14H2,1H3,(H,25,27)(H,26,28). The summed E-state index contributed by atoms with van der Waals surface area (Å²) in [4.78, 5) is 24.7. The molecule has 28 heavy (non-hydrogen) atoms. The number of nitrogens with one attached hydrogen (secondary N) is 3. The summed E-state index contributed by atoms with van der Waals surface area (Å²) in [6, 6.07) is 19.9. The van der Waals surface area contributed by atoms with Gasteiger partial charge in [0.25, 0.3) is 5.91 Å². The number of rotatable bonds is 6. The van der Waals surface area contributed by atoms with Crippen LogP contribution in [0.15, 0.2) is 72.8 Å². The fraction of sp³-hybridized carbons (Fsp3) is 0.0909. The molecule has 3 rings (SSSR count). The summed E-state index contributed by atoms with van der Waals surface area (Å²) in [7, 11) is 0. The Morgan fingerprint density at radius 3 is 2.36 bits per heavy atom. The smallest absolute Gasteiger partial charge is 0.257 e. The molecule has 0 bridgehead atoms. The lowest BCUT2D eigenvalue weighted by molar-refractivity contribution is -0.114. The van der Waals surface area contributed by atoms with Crippen LogP contribution < -0.4 is 16.0 Å². The van der Waals surface area contributed by atoms with E-state index < -0.39 is 0 Å². The maximum atomic E-state index is 13.0. The lowest BCUT2D eigenvalue weighted by Crippen LogP contribution is -2.23. The van der Waals surface area contributed by atoms with Gasteiger partial charge in [-0.2, -0.15) is 0 Å². The molecule has 5 nitrogen and oxygen atoms in total. The van der Waals surface area contributed by atoms with E-state index in [9.17, 15) is 14.0 Å². The van der Waals surface area contributed by atoms with E-state index in [0.717, 1.165) is 5.56 Å². The number of hydrogen-bond acceptors (Lipinski definition) is 3. The predicted octanol–water partition coefficient (Wildman–Crippen LogP) is 4.44. The van der Waals surface area contributed by atoms with Crippen LogP contribution in [0.5, 0.6) is 0 Å². The lowest BCUT2D eigenvalue weighted by Gasteiger charge is -2.12. The molecule has 0 aliphatic rings. The van der Waals surface area contributed by atoms with Crippen molar-refractivity contribution in [1.82, 2.24) is 0 Å². The molecule has 0 unspecified atom stereocenters. The minimum Gasteiger partial charge on any atom is -0.376 e. The van der Waals surface area contributed by atoms with Crippen LogP contribution in [0.3, 0.4) is 0 Å². The highest BCUT2D eigenvalue weighted by molar-refractivity contribution is 6.08. The predicted molar refractivity (Wildman–Crippen MR) is 109 cm³/mol. The van der Waals surface area contributed by atoms with Crippen LogP contribution in [0.25, 0.3) is 0 Å². The van der Waals surface area contributed by atoms with Crippen molar-refractivity contribution >= 4 is 28.9 Å². The van der Waals surface area contributed by atoms with Gasteiger partial charge in [-0.1, -0.05) is 24.3 Å². The van der Waals surface area contributed by atoms with Gasteiger partial charge in [-0.3, -0.25) is 9.59 Å². The number of halogens is 1. The summed E-state index contributed by atoms with van der Waals surface area (Å²) in [6.45, 7) is 1.96. The van der Waals surface area contributed by atoms with Crippen molar-refractivity contribution in [3.8, 4) is 0 Å². The van der Waals surface area contributed by atoms with Crippen LogP contribution in [-0.4, -0.2) is 18.4 Å². The number of amides is 2. The summed E-state index contributed by atoms with van der Waals surface area (Å²) in [6.07, 6.45) is 0. The molecule has 0 aromatic heterocycles. The van der Waals surface area contributed by atoms with E-state index in [1.165, 1.54) is 24.3 Å². The zero-order chi connectivity index (χ0) is 19.9. The van der Waals surface area contributed by atoms with E-state index in [2.05, 4.69) is 16.0 Å². The number of carbonyl (C=O) groups is 2. The highest BCUT2D eigenvalue weighted by Gasteiger charge is 2.12. The van der Waals surface area contributed by atoms with Gasteiger partial charge in [0.1, 0.15) is 5.82 Å². The van der Waals surface area contributed by atoms with Crippen molar-refractivity contribution in [1.29, 1.82) is 0 Å². The Hall–Kier alpha value is -3.67. The molecule has 0 saturated heterocycles. The highest BCUT2D eigenvalue weighted by Crippen LogP contribution is 2.18. The molecule has 0 atom stereocenters. The molecule has 0 spiro atoms. The van der Waals surface area contributed by atoms with E-state index in [1.54, 1.807) is 24.3 Å². The summed E-state index contributed by atoms with van der Waals surface area (Å²) in [5, 5.41) is 8.51. The molecule has 0 heterocycles. The Bertz CT molecular complexity index is 987. The first-order chi connectivity index (χ1) is 13.5. The molecule has 0 fully saturated rings. The van der Waals surface area contributed by atoms with Crippen LogP contribution in [-0.2, 0) is 4.79 Å². The van der Waals surface area contributed by atoms with Crippen molar-refractivity contribution in [3.05, 3.63) is 89.7 Å². The van der Waals surface area contributed by atoms with Crippen molar-refractivity contribution in [3.63, 3.8) is 0 Å². The number of hydrogen-bond donors (Lipinski definition) is 3. The molecule has 6 heteroatoms. The van der Waals surface area contributed by atoms with Crippen LogP contribution in [0, 0.1) is 12.7 Å². The summed E-state index contributed by atoms with van der Waals surface area (Å²) < 4.78 is 13.0. The molecule has 3 aromatic carbocycles. The first-order valence-electron chi connectivity index (χ1n) is 8.77. The average molecular weight is 377 g/mol. The summed E-state index contributed by atoms with van der Waals surface area (Å²) in [5.74, 6) is -0.951. The zero-order valence-corrected chi connectivity index (χ0v) is 15.3. The fourth-order valence-corrected chi connectivity index (χ4v) is 2.67. The fourth-order valence-electron chi connectivity index (χ4n) is 2.67. The summed E-state index contributed by atoms with van der Waals surface area (Å²) >= 11 is 0. The third-order valence-corrected chi connectivity index (χ3v) is 4.02. The molecule has 0 saturated carbocycles. The molecule has 2 amide bonds. The second-order valence-corrected chi connectivity index (χ2v) is 6.28. The van der Waals surface area contributed by atoms with Gasteiger partial charge in [-0.25, -0.2) is 4.39 Å². The second kappa shape index (κ2) is 8.81. The van der Waals surface area contributed by atoms with Gasteiger partial charge in [0.05, 0.1) is 12.1 Å². The van der Waals surface area contributed by atoms with Gasteiger partial charge in [0.15, 0.2) is 0 Å². The van der Waals surface area contributed by atoms with Crippen LogP contribution >= 0.6 is 0 Å². The van der Waals surface area contributed by atoms with E-state index >= 15 is 0 Å². The van der Waals surface area contributed by atoms with Crippen molar-refractivity contribution in [2.45, 2.75) is 6.92 Å². The zero-order valence-electron chi connectivity index (χ0n) is 15.3. The third kappa shape index (κ3) is 5.17. The van der Waals surface area contributed by atoms with Gasteiger partial charge >= 0.3 is 0 Å². The Morgan fingerprint density at radius 1 is 0.857 bits per heavy atom. The molecule has 0 aliphatic carbocycles. The maximum absolute atomic E-state index is 13.0. The molecule has 142 valence electrons. The molecule has 0 aliphatic heterocycles. The minimum absolute atomic E-state index is 0.00871. The Labute approximate surface area is 162 Å². The van der Waals surface area contributed by atoms with E-state index in [1.807, 2.05) is 31.2 Å². The van der Waals surface area contributed by atoms with E-state index in [0.29, 0.717) is 22.6 Å². The number of benzene rings is 3. The Kier molecular flexibility index (Phi) is 6.01. The topological polar surface area (TPSA) is 70.2 Å². The highest BCUT2D eigenvalue weighted by atomic mass is 19.1. The Balaban J connectivity index is 1.64. The minimum atomic E-state index is -0.375. The number of carbonyl (C=O) groups excluding carboxylic acids is 2. The normalized spacial score (nSPS) is 10.2. The number of aryl methyl sites for hydroxylation is 1. The SMILES string of the molecule is Cc1cccc(NC(=O)CNc2ccccc2C(=O)Nc2ccc(F)cc2)c1. The van der Waals surface area contributed by atoms with Crippen LogP contribution in [0.2, 0.25) is 0 Å². The van der Waals surface area contributed by atoms with E-state index in [-0.39, 0.29) is 24.2 Å². The number of anilines is 3. The van der Waals surface area contributed by atoms with Gasteiger partial charge in [0.2, 0.25) is 5.91 Å².